The van der Waals surface area contributed by atoms with Crippen LogP contribution in [0.25, 0.3) is 0 Å². The summed E-state index contributed by atoms with van der Waals surface area (Å²) in [6.07, 6.45) is 1.33. The van der Waals surface area contributed by atoms with E-state index < -0.39 is 0 Å². The second-order valence-electron chi connectivity index (χ2n) is 7.38. The predicted octanol–water partition coefficient (Wildman–Crippen LogP) is 3.92. The van der Waals surface area contributed by atoms with Gasteiger partial charge in [-0.2, -0.15) is 0 Å². The SMILES string of the molecule is COc1cc(CNCC(C)C)ccc1N1CC(C)CC(C)C1. The summed E-state index contributed by atoms with van der Waals surface area (Å²) in [5.41, 5.74) is 2.54. The molecule has 1 saturated heterocycles. The number of nitrogens with zero attached hydrogens (tertiary/aromatic N) is 1. The molecule has 0 amide bonds. The molecule has 0 bridgehead atoms. The topological polar surface area (TPSA) is 24.5 Å². The largest absolute Gasteiger partial charge is 0.495 e. The molecule has 2 atom stereocenters. The first kappa shape index (κ1) is 17.1. The van der Waals surface area contributed by atoms with Crippen LogP contribution >= 0.6 is 0 Å². The van der Waals surface area contributed by atoms with E-state index in [0.29, 0.717) is 5.92 Å². The summed E-state index contributed by atoms with van der Waals surface area (Å²) in [4.78, 5) is 2.49. The van der Waals surface area contributed by atoms with E-state index in [1.807, 2.05) is 0 Å². The Kier molecular flexibility index (Phi) is 6.13. The maximum absolute atomic E-state index is 5.67. The molecular weight excluding hydrogens is 272 g/mol. The minimum absolute atomic E-state index is 0.678. The lowest BCUT2D eigenvalue weighted by molar-refractivity contribution is 0.351. The predicted molar refractivity (Wildman–Crippen MR) is 94.7 cm³/mol. The van der Waals surface area contributed by atoms with Crippen LogP contribution in [-0.4, -0.2) is 26.7 Å². The van der Waals surface area contributed by atoms with Gasteiger partial charge in [0.15, 0.2) is 0 Å². The van der Waals surface area contributed by atoms with Gasteiger partial charge in [0.05, 0.1) is 12.8 Å². The van der Waals surface area contributed by atoms with Gasteiger partial charge < -0.3 is 15.0 Å². The molecule has 0 aliphatic carbocycles. The average molecular weight is 304 g/mol. The summed E-state index contributed by atoms with van der Waals surface area (Å²) in [6.45, 7) is 13.4. The third-order valence-corrected chi connectivity index (χ3v) is 4.34. The van der Waals surface area contributed by atoms with Gasteiger partial charge in [0.25, 0.3) is 0 Å². The lowest BCUT2D eigenvalue weighted by Crippen LogP contribution is -2.38. The van der Waals surface area contributed by atoms with Gasteiger partial charge in [-0.3, -0.25) is 0 Å². The van der Waals surface area contributed by atoms with Crippen LogP contribution in [0.1, 0.15) is 39.7 Å². The van der Waals surface area contributed by atoms with Gasteiger partial charge in [0.2, 0.25) is 0 Å². The molecule has 1 aliphatic rings. The normalized spacial score (nSPS) is 22.2. The number of hydrogen-bond acceptors (Lipinski definition) is 3. The van der Waals surface area contributed by atoms with E-state index in [1.54, 1.807) is 7.11 Å². The van der Waals surface area contributed by atoms with E-state index in [1.165, 1.54) is 17.7 Å². The van der Waals surface area contributed by atoms with Gasteiger partial charge in [0.1, 0.15) is 5.75 Å². The molecular formula is C19H32N2O. The Labute approximate surface area is 136 Å². The fourth-order valence-electron chi connectivity index (χ4n) is 3.46. The van der Waals surface area contributed by atoms with Crippen molar-refractivity contribution in [1.82, 2.24) is 5.32 Å². The number of ether oxygens (including phenoxy) is 1. The first-order valence-corrected chi connectivity index (χ1v) is 8.62. The zero-order chi connectivity index (χ0) is 16.1. The zero-order valence-electron chi connectivity index (χ0n) is 14.9. The molecule has 1 heterocycles. The molecule has 3 nitrogen and oxygen atoms in total. The number of methoxy groups -OCH3 is 1. The summed E-state index contributed by atoms with van der Waals surface area (Å²) < 4.78 is 5.67. The number of nitrogens with one attached hydrogen (secondary N) is 1. The summed E-state index contributed by atoms with van der Waals surface area (Å²) in [6, 6.07) is 6.65. The van der Waals surface area contributed by atoms with E-state index in [2.05, 4.69) is 56.1 Å². The van der Waals surface area contributed by atoms with Crippen molar-refractivity contribution in [1.29, 1.82) is 0 Å². The fraction of sp³-hybridized carbons (Fsp3) is 0.684. The quantitative estimate of drug-likeness (QED) is 0.862. The average Bonchev–Trinajstić information content (AvgIpc) is 2.45. The van der Waals surface area contributed by atoms with Gasteiger partial charge >= 0.3 is 0 Å². The van der Waals surface area contributed by atoms with Crippen LogP contribution in [0.5, 0.6) is 5.75 Å². The minimum atomic E-state index is 0.678. The summed E-state index contributed by atoms with van der Waals surface area (Å²) in [5, 5.41) is 3.50. The highest BCUT2D eigenvalue weighted by atomic mass is 16.5. The first-order valence-electron chi connectivity index (χ1n) is 8.62. The van der Waals surface area contributed by atoms with Crippen LogP contribution in [0.15, 0.2) is 18.2 Å². The van der Waals surface area contributed by atoms with Crippen molar-refractivity contribution in [3.05, 3.63) is 23.8 Å². The third-order valence-electron chi connectivity index (χ3n) is 4.34. The van der Waals surface area contributed by atoms with Crippen LogP contribution in [0, 0.1) is 17.8 Å². The van der Waals surface area contributed by atoms with Crippen LogP contribution in [0.4, 0.5) is 5.69 Å². The van der Waals surface area contributed by atoms with Crippen molar-refractivity contribution in [2.45, 2.75) is 40.7 Å². The molecule has 1 N–H and O–H groups in total. The molecule has 0 spiro atoms. The highest BCUT2D eigenvalue weighted by molar-refractivity contribution is 5.60. The van der Waals surface area contributed by atoms with E-state index in [0.717, 1.165) is 43.8 Å². The highest BCUT2D eigenvalue weighted by Crippen LogP contribution is 2.33. The Morgan fingerprint density at radius 3 is 2.50 bits per heavy atom. The monoisotopic (exact) mass is 304 g/mol. The Morgan fingerprint density at radius 1 is 1.23 bits per heavy atom. The summed E-state index contributed by atoms with van der Waals surface area (Å²) in [7, 11) is 1.78. The van der Waals surface area contributed by atoms with Crippen molar-refractivity contribution in [3.8, 4) is 5.75 Å². The smallest absolute Gasteiger partial charge is 0.142 e. The molecule has 2 unspecified atom stereocenters. The standard InChI is InChI=1S/C19H32N2O/c1-14(2)10-20-11-17-6-7-18(19(9-17)22-5)21-12-15(3)8-16(4)13-21/h6-7,9,14-16,20H,8,10-13H2,1-5H3. The summed E-state index contributed by atoms with van der Waals surface area (Å²) in [5.74, 6) is 3.18. The lowest BCUT2D eigenvalue weighted by Gasteiger charge is -2.37. The molecule has 1 fully saturated rings. The minimum Gasteiger partial charge on any atom is -0.495 e. The van der Waals surface area contributed by atoms with Crippen molar-refractivity contribution >= 4 is 5.69 Å². The third kappa shape index (κ3) is 4.64. The molecule has 1 aromatic carbocycles. The molecule has 0 aromatic heterocycles. The van der Waals surface area contributed by atoms with Crippen LogP contribution in [0.3, 0.4) is 0 Å². The number of rotatable bonds is 6. The molecule has 0 saturated carbocycles. The second-order valence-corrected chi connectivity index (χ2v) is 7.38. The number of hydrogen-bond donors (Lipinski definition) is 1. The Morgan fingerprint density at radius 2 is 1.91 bits per heavy atom. The second kappa shape index (κ2) is 7.87. The molecule has 2 rings (SSSR count). The number of benzene rings is 1. The Bertz CT molecular complexity index is 463. The Balaban J connectivity index is 2.08. The van der Waals surface area contributed by atoms with Crippen LogP contribution in [-0.2, 0) is 6.54 Å². The molecule has 1 aromatic rings. The van der Waals surface area contributed by atoms with E-state index >= 15 is 0 Å². The maximum atomic E-state index is 5.67. The van der Waals surface area contributed by atoms with E-state index in [4.69, 9.17) is 4.74 Å². The molecule has 3 heteroatoms. The van der Waals surface area contributed by atoms with Crippen molar-refractivity contribution in [2.24, 2.45) is 17.8 Å². The van der Waals surface area contributed by atoms with Gasteiger partial charge in [-0.25, -0.2) is 0 Å². The molecule has 22 heavy (non-hydrogen) atoms. The van der Waals surface area contributed by atoms with Crippen molar-refractivity contribution in [3.63, 3.8) is 0 Å². The van der Waals surface area contributed by atoms with Gasteiger partial charge in [-0.05, 0) is 48.4 Å². The van der Waals surface area contributed by atoms with E-state index in [9.17, 15) is 0 Å². The molecule has 124 valence electrons. The van der Waals surface area contributed by atoms with Crippen LogP contribution < -0.4 is 15.0 Å². The van der Waals surface area contributed by atoms with Gasteiger partial charge in [0, 0.05) is 19.6 Å². The molecule has 0 radical (unpaired) electrons. The van der Waals surface area contributed by atoms with Crippen molar-refractivity contribution < 1.29 is 4.74 Å². The zero-order valence-corrected chi connectivity index (χ0v) is 14.9. The maximum Gasteiger partial charge on any atom is 0.142 e. The summed E-state index contributed by atoms with van der Waals surface area (Å²) >= 11 is 0. The lowest BCUT2D eigenvalue weighted by atomic mass is 9.91. The number of piperidine rings is 1. The first-order chi connectivity index (χ1) is 10.5. The van der Waals surface area contributed by atoms with Crippen LogP contribution in [0.2, 0.25) is 0 Å². The van der Waals surface area contributed by atoms with Gasteiger partial charge in [-0.15, -0.1) is 0 Å². The number of anilines is 1. The Hall–Kier alpha value is -1.22. The fourth-order valence-corrected chi connectivity index (χ4v) is 3.46. The van der Waals surface area contributed by atoms with E-state index in [-0.39, 0.29) is 0 Å². The highest BCUT2D eigenvalue weighted by Gasteiger charge is 2.24. The van der Waals surface area contributed by atoms with Gasteiger partial charge in [-0.1, -0.05) is 33.8 Å². The van der Waals surface area contributed by atoms with Crippen molar-refractivity contribution in [2.75, 3.05) is 31.6 Å². The molecule has 1 aliphatic heterocycles.